The second-order valence-corrected chi connectivity index (χ2v) is 12.8. The molecule has 0 N–H and O–H groups in total. The van der Waals surface area contributed by atoms with Gasteiger partial charge in [0.15, 0.2) is 5.78 Å². The van der Waals surface area contributed by atoms with Gasteiger partial charge in [-0.2, -0.15) is 0 Å². The van der Waals surface area contributed by atoms with E-state index in [1.807, 2.05) is 24.3 Å². The molecule has 0 amide bonds. The van der Waals surface area contributed by atoms with Crippen molar-refractivity contribution in [3.8, 4) is 0 Å². The standard InChI is InChI=1S/C29H42O/c1-26(2,3)21-17-13-15-19(23(21)28(7,8)9)25(30)20-16-14-18-22(27(4,5)6)24(20)29(10,11)12/h13-18H,1-12H3. The van der Waals surface area contributed by atoms with E-state index in [1.165, 1.54) is 22.3 Å². The molecule has 1 nitrogen and oxygen atoms in total. The first-order valence-electron chi connectivity index (χ1n) is 11.2. The minimum Gasteiger partial charge on any atom is -0.289 e. The predicted molar refractivity (Wildman–Crippen MR) is 131 cm³/mol. The predicted octanol–water partition coefficient (Wildman–Crippen LogP) is 8.11. The minimum absolute atomic E-state index is 0.0288. The third kappa shape index (κ3) is 4.88. The van der Waals surface area contributed by atoms with E-state index in [0.29, 0.717) is 0 Å². The molecule has 0 atom stereocenters. The lowest BCUT2D eigenvalue weighted by atomic mass is 9.70. The maximum Gasteiger partial charge on any atom is 0.193 e. The van der Waals surface area contributed by atoms with E-state index >= 15 is 0 Å². The number of hydrogen-bond donors (Lipinski definition) is 0. The summed E-state index contributed by atoms with van der Waals surface area (Å²) >= 11 is 0. The number of ketones is 1. The maximum absolute atomic E-state index is 14.1. The molecule has 0 unspecified atom stereocenters. The van der Waals surface area contributed by atoms with E-state index in [1.54, 1.807) is 0 Å². The summed E-state index contributed by atoms with van der Waals surface area (Å²) in [5.41, 5.74) is 6.22. The maximum atomic E-state index is 14.1. The molecule has 0 saturated heterocycles. The Labute approximate surface area is 185 Å². The number of benzene rings is 2. The molecule has 0 heterocycles. The van der Waals surface area contributed by atoms with Gasteiger partial charge in [-0.15, -0.1) is 0 Å². The van der Waals surface area contributed by atoms with E-state index in [2.05, 4.69) is 95.2 Å². The van der Waals surface area contributed by atoms with Crippen LogP contribution < -0.4 is 0 Å². The highest BCUT2D eigenvalue weighted by atomic mass is 16.1. The van der Waals surface area contributed by atoms with Crippen molar-refractivity contribution in [1.29, 1.82) is 0 Å². The molecule has 2 aromatic rings. The molecule has 0 saturated carbocycles. The van der Waals surface area contributed by atoms with E-state index in [0.717, 1.165) is 11.1 Å². The lowest BCUT2D eigenvalue weighted by Gasteiger charge is -2.34. The molecule has 30 heavy (non-hydrogen) atoms. The highest BCUT2D eigenvalue weighted by molar-refractivity contribution is 6.11. The summed E-state index contributed by atoms with van der Waals surface area (Å²) in [5.74, 6) is 0.141. The summed E-state index contributed by atoms with van der Waals surface area (Å²) in [4.78, 5) is 14.1. The lowest BCUT2D eigenvalue weighted by Crippen LogP contribution is -2.28. The third-order valence-corrected chi connectivity index (χ3v) is 5.73. The summed E-state index contributed by atoms with van der Waals surface area (Å²) in [5, 5.41) is 0. The zero-order valence-electron chi connectivity index (χ0n) is 21.4. The van der Waals surface area contributed by atoms with Crippen molar-refractivity contribution in [1.82, 2.24) is 0 Å². The Morgan fingerprint density at radius 1 is 0.500 bits per heavy atom. The van der Waals surface area contributed by atoms with Gasteiger partial charge in [0, 0.05) is 11.1 Å². The van der Waals surface area contributed by atoms with Gasteiger partial charge in [-0.1, -0.05) is 119 Å². The average molecular weight is 407 g/mol. The summed E-state index contributed by atoms with van der Waals surface area (Å²) in [6, 6.07) is 12.5. The first kappa shape index (κ1) is 24.4. The molecule has 0 aliphatic rings. The lowest BCUT2D eigenvalue weighted by molar-refractivity contribution is 0.103. The zero-order chi connectivity index (χ0) is 23.3. The Morgan fingerprint density at radius 3 is 1.03 bits per heavy atom. The Kier molecular flexibility index (Phi) is 6.23. The van der Waals surface area contributed by atoms with Crippen molar-refractivity contribution in [2.75, 3.05) is 0 Å². The van der Waals surface area contributed by atoms with Crippen LogP contribution in [0.1, 0.15) is 121 Å². The summed E-state index contributed by atoms with van der Waals surface area (Å²) in [6.45, 7) is 26.7. The van der Waals surface area contributed by atoms with Crippen molar-refractivity contribution in [3.05, 3.63) is 69.8 Å². The van der Waals surface area contributed by atoms with Gasteiger partial charge in [0.05, 0.1) is 0 Å². The molecule has 0 aromatic heterocycles. The van der Waals surface area contributed by atoms with Crippen LogP contribution in [0.15, 0.2) is 36.4 Å². The smallest absolute Gasteiger partial charge is 0.193 e. The van der Waals surface area contributed by atoms with Crippen LogP contribution in [0.3, 0.4) is 0 Å². The second kappa shape index (κ2) is 7.66. The topological polar surface area (TPSA) is 17.1 Å². The van der Waals surface area contributed by atoms with Crippen LogP contribution in [-0.2, 0) is 21.7 Å². The molecule has 0 aliphatic carbocycles. The molecule has 0 bridgehead atoms. The summed E-state index contributed by atoms with van der Waals surface area (Å²) in [6.07, 6.45) is 0. The van der Waals surface area contributed by atoms with Gasteiger partial charge in [-0.3, -0.25) is 4.79 Å². The van der Waals surface area contributed by atoms with E-state index in [4.69, 9.17) is 0 Å². The number of rotatable bonds is 2. The molecule has 0 aliphatic heterocycles. The zero-order valence-corrected chi connectivity index (χ0v) is 21.4. The average Bonchev–Trinajstić information content (AvgIpc) is 2.56. The van der Waals surface area contributed by atoms with Gasteiger partial charge in [0.25, 0.3) is 0 Å². The van der Waals surface area contributed by atoms with Crippen LogP contribution in [0.25, 0.3) is 0 Å². The largest absolute Gasteiger partial charge is 0.289 e. The van der Waals surface area contributed by atoms with Crippen molar-refractivity contribution in [2.24, 2.45) is 0 Å². The molecule has 0 spiro atoms. The molecule has 0 fully saturated rings. The van der Waals surface area contributed by atoms with Crippen LogP contribution in [-0.4, -0.2) is 5.78 Å². The van der Waals surface area contributed by atoms with Crippen LogP contribution >= 0.6 is 0 Å². The summed E-state index contributed by atoms with van der Waals surface area (Å²) in [7, 11) is 0. The fourth-order valence-electron chi connectivity index (χ4n) is 4.49. The molecular weight excluding hydrogens is 364 g/mol. The highest BCUT2D eigenvalue weighted by Crippen LogP contribution is 2.40. The van der Waals surface area contributed by atoms with Gasteiger partial charge in [-0.25, -0.2) is 0 Å². The van der Waals surface area contributed by atoms with Gasteiger partial charge in [-0.05, 0) is 43.9 Å². The first-order valence-corrected chi connectivity index (χ1v) is 11.2. The quantitative estimate of drug-likeness (QED) is 0.460. The summed E-state index contributed by atoms with van der Waals surface area (Å²) < 4.78 is 0. The van der Waals surface area contributed by atoms with Crippen LogP contribution in [0, 0.1) is 0 Å². The Balaban J connectivity index is 2.90. The van der Waals surface area contributed by atoms with Crippen molar-refractivity contribution in [2.45, 2.75) is 105 Å². The number of hydrogen-bond acceptors (Lipinski definition) is 1. The monoisotopic (exact) mass is 406 g/mol. The van der Waals surface area contributed by atoms with Gasteiger partial charge >= 0.3 is 0 Å². The normalized spacial score (nSPS) is 13.5. The van der Waals surface area contributed by atoms with Crippen LogP contribution in [0.4, 0.5) is 0 Å². The SMILES string of the molecule is CC(C)(C)c1cccc(C(=O)c2cccc(C(C)(C)C)c2C(C)(C)C)c1C(C)(C)C. The van der Waals surface area contributed by atoms with Gasteiger partial charge in [0.2, 0.25) is 0 Å². The number of carbonyl (C=O) groups is 1. The molecule has 0 radical (unpaired) electrons. The van der Waals surface area contributed by atoms with Crippen molar-refractivity contribution < 1.29 is 4.79 Å². The molecule has 2 aromatic carbocycles. The molecule has 2 rings (SSSR count). The Bertz CT molecular complexity index is 855. The molecule has 164 valence electrons. The van der Waals surface area contributed by atoms with Crippen molar-refractivity contribution >= 4 is 5.78 Å². The minimum atomic E-state index is -0.127. The van der Waals surface area contributed by atoms with Crippen LogP contribution in [0.5, 0.6) is 0 Å². The first-order chi connectivity index (χ1) is 13.4. The van der Waals surface area contributed by atoms with E-state index < -0.39 is 0 Å². The second-order valence-electron chi connectivity index (χ2n) is 12.8. The van der Waals surface area contributed by atoms with E-state index in [-0.39, 0.29) is 27.4 Å². The Hall–Kier alpha value is -1.89. The Morgan fingerprint density at radius 2 is 0.800 bits per heavy atom. The number of carbonyl (C=O) groups excluding carboxylic acids is 1. The molecular formula is C29H42O. The van der Waals surface area contributed by atoms with Gasteiger partial charge in [0.1, 0.15) is 0 Å². The fraction of sp³-hybridized carbons (Fsp3) is 0.552. The van der Waals surface area contributed by atoms with Crippen molar-refractivity contribution in [3.63, 3.8) is 0 Å². The fourth-order valence-corrected chi connectivity index (χ4v) is 4.49. The van der Waals surface area contributed by atoms with Gasteiger partial charge < -0.3 is 0 Å². The third-order valence-electron chi connectivity index (χ3n) is 5.73. The molecule has 1 heteroatoms. The highest BCUT2D eigenvalue weighted by Gasteiger charge is 2.33. The van der Waals surface area contributed by atoms with Crippen LogP contribution in [0.2, 0.25) is 0 Å². The van der Waals surface area contributed by atoms with E-state index in [9.17, 15) is 4.79 Å².